The molecule has 1 aromatic heterocycles. The largest absolute Gasteiger partial charge is 0.494 e. The Morgan fingerprint density at radius 2 is 1.81 bits per heavy atom. The van der Waals surface area contributed by atoms with Gasteiger partial charge in [-0.2, -0.15) is 5.10 Å². The molecule has 0 aliphatic rings. The fourth-order valence-electron chi connectivity index (χ4n) is 2.96. The van der Waals surface area contributed by atoms with Gasteiger partial charge in [-0.1, -0.05) is 37.3 Å². The van der Waals surface area contributed by atoms with Crippen LogP contribution >= 0.6 is 0 Å². The van der Waals surface area contributed by atoms with Crippen LogP contribution < -0.4 is 10.1 Å². The van der Waals surface area contributed by atoms with Crippen molar-refractivity contribution >= 4 is 0 Å². The first-order chi connectivity index (χ1) is 12.8. The van der Waals surface area contributed by atoms with Crippen molar-refractivity contribution in [2.24, 2.45) is 0 Å². The van der Waals surface area contributed by atoms with Crippen molar-refractivity contribution in [1.29, 1.82) is 0 Å². The van der Waals surface area contributed by atoms with E-state index in [0.29, 0.717) is 0 Å². The number of rotatable bonds is 9. The molecular formula is C22H27N3O. The van der Waals surface area contributed by atoms with Gasteiger partial charge in [-0.25, -0.2) is 0 Å². The molecule has 26 heavy (non-hydrogen) atoms. The molecule has 0 fully saturated rings. The number of nitrogens with zero attached hydrogens (tertiary/aromatic N) is 1. The van der Waals surface area contributed by atoms with Gasteiger partial charge in [0.2, 0.25) is 0 Å². The predicted molar refractivity (Wildman–Crippen MR) is 106 cm³/mol. The number of aromatic amines is 1. The van der Waals surface area contributed by atoms with Crippen molar-refractivity contribution in [3.05, 3.63) is 71.4 Å². The molecule has 0 saturated carbocycles. The van der Waals surface area contributed by atoms with Crippen LogP contribution in [0.4, 0.5) is 0 Å². The third-order valence-corrected chi connectivity index (χ3v) is 4.51. The summed E-state index contributed by atoms with van der Waals surface area (Å²) in [5.74, 6) is 0.905. The van der Waals surface area contributed by atoms with Gasteiger partial charge in [0.25, 0.3) is 0 Å². The first-order valence-corrected chi connectivity index (χ1v) is 9.29. The Balaban J connectivity index is 1.53. The average molecular weight is 349 g/mol. The lowest BCUT2D eigenvalue weighted by molar-refractivity contribution is 0.311. The summed E-state index contributed by atoms with van der Waals surface area (Å²) in [6, 6.07) is 18.7. The maximum atomic E-state index is 5.87. The van der Waals surface area contributed by atoms with Crippen LogP contribution in [0.2, 0.25) is 0 Å². The van der Waals surface area contributed by atoms with Gasteiger partial charge in [0, 0.05) is 12.1 Å². The molecule has 0 amide bonds. The van der Waals surface area contributed by atoms with Gasteiger partial charge in [-0.3, -0.25) is 5.10 Å². The van der Waals surface area contributed by atoms with E-state index in [0.717, 1.165) is 55.2 Å². The molecule has 4 nitrogen and oxygen atoms in total. The topological polar surface area (TPSA) is 49.9 Å². The molecule has 2 aromatic carbocycles. The van der Waals surface area contributed by atoms with Crippen LogP contribution in [-0.2, 0) is 13.0 Å². The average Bonchev–Trinajstić information content (AvgIpc) is 3.05. The van der Waals surface area contributed by atoms with Crippen LogP contribution in [0, 0.1) is 6.92 Å². The maximum Gasteiger partial charge on any atom is 0.119 e. The standard InChI is InChI=1S/C22H27N3O/c1-3-23-16-21-17(2)22(25-24-21)19-11-13-20(14-12-19)26-15-7-10-18-8-5-4-6-9-18/h4-6,8-9,11-14,23H,3,7,10,15-16H2,1-2H3,(H,24,25). The molecule has 0 spiro atoms. The third kappa shape index (κ3) is 4.73. The Labute approximate surface area is 155 Å². The van der Waals surface area contributed by atoms with E-state index in [2.05, 4.69) is 65.8 Å². The zero-order chi connectivity index (χ0) is 18.2. The van der Waals surface area contributed by atoms with Gasteiger partial charge in [-0.05, 0) is 61.7 Å². The third-order valence-electron chi connectivity index (χ3n) is 4.51. The van der Waals surface area contributed by atoms with Gasteiger partial charge >= 0.3 is 0 Å². The van der Waals surface area contributed by atoms with E-state index in [4.69, 9.17) is 4.74 Å². The van der Waals surface area contributed by atoms with E-state index >= 15 is 0 Å². The SMILES string of the molecule is CCNCc1[nH]nc(-c2ccc(OCCCc3ccccc3)cc2)c1C. The first-order valence-electron chi connectivity index (χ1n) is 9.29. The smallest absolute Gasteiger partial charge is 0.119 e. The van der Waals surface area contributed by atoms with Gasteiger partial charge < -0.3 is 10.1 Å². The van der Waals surface area contributed by atoms with Gasteiger partial charge in [-0.15, -0.1) is 0 Å². The van der Waals surface area contributed by atoms with Crippen LogP contribution in [0.15, 0.2) is 54.6 Å². The van der Waals surface area contributed by atoms with Gasteiger partial charge in [0.15, 0.2) is 0 Å². The second-order valence-electron chi connectivity index (χ2n) is 6.42. The summed E-state index contributed by atoms with van der Waals surface area (Å²) in [4.78, 5) is 0. The van der Waals surface area contributed by atoms with E-state index in [1.807, 2.05) is 18.2 Å². The van der Waals surface area contributed by atoms with Crippen molar-refractivity contribution in [3.63, 3.8) is 0 Å². The number of aromatic nitrogens is 2. The van der Waals surface area contributed by atoms with Gasteiger partial charge in [0.1, 0.15) is 5.75 Å². The molecule has 0 unspecified atom stereocenters. The van der Waals surface area contributed by atoms with Crippen LogP contribution in [0.3, 0.4) is 0 Å². The Kier molecular flexibility index (Phi) is 6.45. The molecule has 0 atom stereocenters. The van der Waals surface area contributed by atoms with Crippen LogP contribution in [0.25, 0.3) is 11.3 Å². The first kappa shape index (κ1) is 18.2. The molecule has 0 radical (unpaired) electrons. The lowest BCUT2D eigenvalue weighted by Crippen LogP contribution is -2.12. The molecule has 0 saturated heterocycles. The van der Waals surface area contributed by atoms with E-state index in [-0.39, 0.29) is 0 Å². The highest BCUT2D eigenvalue weighted by Crippen LogP contribution is 2.25. The molecule has 0 aliphatic heterocycles. The Morgan fingerprint density at radius 1 is 1.04 bits per heavy atom. The summed E-state index contributed by atoms with van der Waals surface area (Å²) in [7, 11) is 0. The number of ether oxygens (including phenoxy) is 1. The Bertz CT molecular complexity index is 794. The Morgan fingerprint density at radius 3 is 2.54 bits per heavy atom. The van der Waals surface area contributed by atoms with Crippen molar-refractivity contribution in [1.82, 2.24) is 15.5 Å². The molecule has 3 rings (SSSR count). The molecule has 3 aromatic rings. The fraction of sp³-hybridized carbons (Fsp3) is 0.318. The minimum atomic E-state index is 0.725. The molecule has 0 bridgehead atoms. The van der Waals surface area contributed by atoms with E-state index in [9.17, 15) is 0 Å². The van der Waals surface area contributed by atoms with Crippen LogP contribution in [0.1, 0.15) is 30.2 Å². The maximum absolute atomic E-state index is 5.87. The summed E-state index contributed by atoms with van der Waals surface area (Å²) in [6.07, 6.45) is 2.05. The number of hydrogen-bond acceptors (Lipinski definition) is 3. The number of nitrogens with one attached hydrogen (secondary N) is 2. The fourth-order valence-corrected chi connectivity index (χ4v) is 2.96. The van der Waals surface area contributed by atoms with Crippen molar-refractivity contribution < 1.29 is 4.74 Å². The van der Waals surface area contributed by atoms with E-state index in [1.165, 1.54) is 11.1 Å². The highest BCUT2D eigenvalue weighted by molar-refractivity contribution is 5.64. The molecule has 0 aliphatic carbocycles. The van der Waals surface area contributed by atoms with Crippen molar-refractivity contribution in [3.8, 4) is 17.0 Å². The summed E-state index contributed by atoms with van der Waals surface area (Å²) < 4.78 is 5.87. The summed E-state index contributed by atoms with van der Waals surface area (Å²) in [6.45, 7) is 6.70. The Hall–Kier alpha value is -2.59. The number of H-pyrrole nitrogens is 1. The predicted octanol–water partition coefficient (Wildman–Crippen LogP) is 4.51. The van der Waals surface area contributed by atoms with E-state index in [1.54, 1.807) is 0 Å². The minimum absolute atomic E-state index is 0.725. The second-order valence-corrected chi connectivity index (χ2v) is 6.42. The number of benzene rings is 2. The highest BCUT2D eigenvalue weighted by Gasteiger charge is 2.10. The quantitative estimate of drug-likeness (QED) is 0.559. The molecule has 136 valence electrons. The molecule has 2 N–H and O–H groups in total. The zero-order valence-corrected chi connectivity index (χ0v) is 15.6. The second kappa shape index (κ2) is 9.20. The number of aryl methyl sites for hydroxylation is 1. The summed E-state index contributed by atoms with van der Waals surface area (Å²) in [5.41, 5.74) is 5.81. The molecular weight excluding hydrogens is 322 g/mol. The molecule has 1 heterocycles. The molecule has 4 heteroatoms. The van der Waals surface area contributed by atoms with Crippen LogP contribution in [0.5, 0.6) is 5.75 Å². The van der Waals surface area contributed by atoms with Crippen LogP contribution in [-0.4, -0.2) is 23.3 Å². The lowest BCUT2D eigenvalue weighted by atomic mass is 10.1. The summed E-state index contributed by atoms with van der Waals surface area (Å²) in [5, 5.41) is 10.9. The zero-order valence-electron chi connectivity index (χ0n) is 15.6. The normalized spacial score (nSPS) is 10.8. The van der Waals surface area contributed by atoms with E-state index < -0.39 is 0 Å². The summed E-state index contributed by atoms with van der Waals surface area (Å²) >= 11 is 0. The van der Waals surface area contributed by atoms with Gasteiger partial charge in [0.05, 0.1) is 18.0 Å². The minimum Gasteiger partial charge on any atom is -0.494 e. The van der Waals surface area contributed by atoms with Crippen molar-refractivity contribution in [2.75, 3.05) is 13.2 Å². The number of hydrogen-bond donors (Lipinski definition) is 2. The lowest BCUT2D eigenvalue weighted by Gasteiger charge is -2.07. The monoisotopic (exact) mass is 349 g/mol. The van der Waals surface area contributed by atoms with Crippen molar-refractivity contribution in [2.45, 2.75) is 33.2 Å². The highest BCUT2D eigenvalue weighted by atomic mass is 16.5.